The summed E-state index contributed by atoms with van der Waals surface area (Å²) in [5, 5.41) is 8.53. The average molecular weight is 256 g/mol. The van der Waals surface area contributed by atoms with Crippen molar-refractivity contribution in [2.45, 2.75) is 64.3 Å². The van der Waals surface area contributed by atoms with Gasteiger partial charge in [0.15, 0.2) is 0 Å². The number of aromatic nitrogens is 3. The molecule has 1 aliphatic rings. The van der Waals surface area contributed by atoms with Gasteiger partial charge < -0.3 is 4.57 Å². The van der Waals surface area contributed by atoms with Crippen LogP contribution in [0.15, 0.2) is 0 Å². The van der Waals surface area contributed by atoms with Gasteiger partial charge in [0, 0.05) is 12.5 Å². The highest BCUT2D eigenvalue weighted by Gasteiger charge is 2.20. The molecule has 96 valence electrons. The molecule has 17 heavy (non-hydrogen) atoms. The monoisotopic (exact) mass is 255 g/mol. The lowest BCUT2D eigenvalue weighted by molar-refractivity contribution is 0.345. The fourth-order valence-electron chi connectivity index (χ4n) is 2.84. The highest BCUT2D eigenvalue weighted by molar-refractivity contribution is 6.16. The quantitative estimate of drug-likeness (QED) is 0.768. The maximum absolute atomic E-state index is 5.91. The van der Waals surface area contributed by atoms with E-state index in [0.717, 1.165) is 24.0 Å². The number of hydrogen-bond acceptors (Lipinski definition) is 2. The van der Waals surface area contributed by atoms with Crippen LogP contribution in [-0.4, -0.2) is 14.8 Å². The van der Waals surface area contributed by atoms with Gasteiger partial charge in [0.25, 0.3) is 0 Å². The summed E-state index contributed by atoms with van der Waals surface area (Å²) >= 11 is 5.91. The zero-order valence-electron chi connectivity index (χ0n) is 10.8. The minimum absolute atomic E-state index is 0.400. The van der Waals surface area contributed by atoms with Crippen LogP contribution in [-0.2, 0) is 12.3 Å². The first kappa shape index (κ1) is 12.9. The van der Waals surface area contributed by atoms with Crippen molar-refractivity contribution in [3.63, 3.8) is 0 Å². The zero-order chi connectivity index (χ0) is 12.3. The van der Waals surface area contributed by atoms with Crippen molar-refractivity contribution in [1.82, 2.24) is 14.8 Å². The molecule has 0 N–H and O–H groups in total. The Bertz CT molecular complexity index is 354. The van der Waals surface area contributed by atoms with Gasteiger partial charge in [0.05, 0.1) is 5.88 Å². The molecule has 1 aromatic heterocycles. The van der Waals surface area contributed by atoms with E-state index in [2.05, 4.69) is 28.6 Å². The van der Waals surface area contributed by atoms with Gasteiger partial charge in [-0.15, -0.1) is 21.8 Å². The molecule has 2 rings (SSSR count). The van der Waals surface area contributed by atoms with Crippen molar-refractivity contribution in [1.29, 1.82) is 0 Å². The van der Waals surface area contributed by atoms with E-state index < -0.39 is 0 Å². The van der Waals surface area contributed by atoms with Gasteiger partial charge in [-0.1, -0.05) is 32.1 Å². The number of alkyl halides is 1. The summed E-state index contributed by atoms with van der Waals surface area (Å²) in [7, 11) is 0. The van der Waals surface area contributed by atoms with Crippen LogP contribution in [0.25, 0.3) is 0 Å². The molecule has 3 nitrogen and oxygen atoms in total. The third kappa shape index (κ3) is 3.01. The maximum Gasteiger partial charge on any atom is 0.148 e. The van der Waals surface area contributed by atoms with Crippen LogP contribution in [0, 0.1) is 5.92 Å². The number of rotatable bonds is 4. The molecule has 1 aliphatic carbocycles. The second-order valence-corrected chi connectivity index (χ2v) is 5.61. The van der Waals surface area contributed by atoms with Gasteiger partial charge in [-0.2, -0.15) is 0 Å². The Morgan fingerprint density at radius 2 is 1.82 bits per heavy atom. The van der Waals surface area contributed by atoms with E-state index in [1.165, 1.54) is 32.1 Å². The summed E-state index contributed by atoms with van der Waals surface area (Å²) in [6.45, 7) is 4.34. The predicted molar refractivity (Wildman–Crippen MR) is 70.2 cm³/mol. The van der Waals surface area contributed by atoms with Crippen LogP contribution < -0.4 is 0 Å². The van der Waals surface area contributed by atoms with Gasteiger partial charge >= 0.3 is 0 Å². The van der Waals surface area contributed by atoms with E-state index in [1.54, 1.807) is 0 Å². The molecule has 0 radical (unpaired) electrons. The lowest BCUT2D eigenvalue weighted by atomic mass is 9.87. The van der Waals surface area contributed by atoms with E-state index in [1.807, 2.05) is 0 Å². The Hall–Kier alpha value is -0.570. The van der Waals surface area contributed by atoms with Crippen LogP contribution in [0.4, 0.5) is 0 Å². The maximum atomic E-state index is 5.91. The molecule has 1 fully saturated rings. The molecular formula is C13H22ClN3. The summed E-state index contributed by atoms with van der Waals surface area (Å²) in [4.78, 5) is 0. The third-order valence-electron chi connectivity index (χ3n) is 3.67. The van der Waals surface area contributed by atoms with E-state index in [4.69, 9.17) is 11.6 Å². The molecule has 0 atom stereocenters. The molecule has 0 bridgehead atoms. The molecular weight excluding hydrogens is 234 g/mol. The van der Waals surface area contributed by atoms with Gasteiger partial charge in [-0.25, -0.2) is 0 Å². The van der Waals surface area contributed by atoms with Gasteiger partial charge in [0.2, 0.25) is 0 Å². The normalized spacial score (nSPS) is 17.9. The van der Waals surface area contributed by atoms with E-state index in [9.17, 15) is 0 Å². The zero-order valence-corrected chi connectivity index (χ0v) is 11.6. The smallest absolute Gasteiger partial charge is 0.148 e. The Morgan fingerprint density at radius 1 is 1.18 bits per heavy atom. The van der Waals surface area contributed by atoms with Crippen molar-refractivity contribution in [2.75, 3.05) is 0 Å². The summed E-state index contributed by atoms with van der Waals surface area (Å²) in [6.07, 6.45) is 7.93. The van der Waals surface area contributed by atoms with Gasteiger partial charge in [-0.3, -0.25) is 0 Å². The summed E-state index contributed by atoms with van der Waals surface area (Å²) < 4.78 is 2.21. The fraction of sp³-hybridized carbons (Fsp3) is 0.846. The standard InChI is InChI=1S/C13H22ClN3/c1-10(2)17-12(15-16-13(17)9-14)8-11-6-4-3-5-7-11/h10-11H,3-9H2,1-2H3. The molecule has 0 unspecified atom stereocenters. The molecule has 4 heteroatoms. The predicted octanol–water partition coefficient (Wildman–Crippen LogP) is 3.72. The minimum atomic E-state index is 0.400. The first-order chi connectivity index (χ1) is 8.22. The molecule has 1 aromatic rings. The van der Waals surface area contributed by atoms with E-state index in [-0.39, 0.29) is 0 Å². The summed E-state index contributed by atoms with van der Waals surface area (Å²) in [5.41, 5.74) is 0. The third-order valence-corrected chi connectivity index (χ3v) is 3.91. The van der Waals surface area contributed by atoms with Crippen molar-refractivity contribution < 1.29 is 0 Å². The van der Waals surface area contributed by atoms with E-state index >= 15 is 0 Å². The molecule has 0 spiro atoms. The summed E-state index contributed by atoms with van der Waals surface area (Å²) in [6, 6.07) is 0.400. The van der Waals surface area contributed by atoms with E-state index in [0.29, 0.717) is 11.9 Å². The Kier molecular flexibility index (Phi) is 4.43. The van der Waals surface area contributed by atoms with Crippen LogP contribution in [0.3, 0.4) is 0 Å². The molecule has 0 saturated heterocycles. The average Bonchev–Trinajstić information content (AvgIpc) is 2.73. The fourth-order valence-corrected chi connectivity index (χ4v) is 3.02. The molecule has 1 saturated carbocycles. The van der Waals surface area contributed by atoms with Crippen molar-refractivity contribution in [3.05, 3.63) is 11.6 Å². The Balaban J connectivity index is 2.11. The van der Waals surface area contributed by atoms with Crippen LogP contribution >= 0.6 is 11.6 Å². The highest BCUT2D eigenvalue weighted by atomic mass is 35.5. The van der Waals surface area contributed by atoms with Crippen LogP contribution in [0.2, 0.25) is 0 Å². The van der Waals surface area contributed by atoms with Gasteiger partial charge in [0.1, 0.15) is 11.6 Å². The van der Waals surface area contributed by atoms with Crippen LogP contribution in [0.1, 0.15) is 63.6 Å². The first-order valence-corrected chi connectivity index (χ1v) is 7.24. The van der Waals surface area contributed by atoms with Crippen molar-refractivity contribution in [3.8, 4) is 0 Å². The summed E-state index contributed by atoms with van der Waals surface area (Å²) in [5.74, 6) is 3.29. The largest absolute Gasteiger partial charge is 0.311 e. The second-order valence-electron chi connectivity index (χ2n) is 5.34. The number of nitrogens with zero attached hydrogens (tertiary/aromatic N) is 3. The lowest BCUT2D eigenvalue weighted by Gasteiger charge is -2.22. The topological polar surface area (TPSA) is 30.7 Å². The minimum Gasteiger partial charge on any atom is -0.311 e. The van der Waals surface area contributed by atoms with Crippen LogP contribution in [0.5, 0.6) is 0 Å². The van der Waals surface area contributed by atoms with Gasteiger partial charge in [-0.05, 0) is 19.8 Å². The number of halogens is 1. The second kappa shape index (κ2) is 5.85. The molecule has 0 amide bonds. The number of hydrogen-bond donors (Lipinski definition) is 0. The lowest BCUT2D eigenvalue weighted by Crippen LogP contribution is -2.15. The van der Waals surface area contributed by atoms with Crippen molar-refractivity contribution in [2.24, 2.45) is 5.92 Å². The first-order valence-electron chi connectivity index (χ1n) is 6.71. The molecule has 1 heterocycles. The van der Waals surface area contributed by atoms with Crippen molar-refractivity contribution >= 4 is 11.6 Å². The molecule has 0 aliphatic heterocycles. The Labute approximate surface area is 109 Å². The highest BCUT2D eigenvalue weighted by Crippen LogP contribution is 2.27. The SMILES string of the molecule is CC(C)n1c(CCl)nnc1CC1CCCCC1. The molecule has 0 aromatic carbocycles. The Morgan fingerprint density at radius 3 is 2.41 bits per heavy atom.